The number of imide groups is 1. The molecule has 2 aliphatic rings. The Morgan fingerprint density at radius 3 is 2.33 bits per heavy atom. The maximum Gasteiger partial charge on any atom is 0.327 e. The number of urea groups is 1. The smallest absolute Gasteiger partial charge is 0.327 e. The van der Waals surface area contributed by atoms with Crippen LogP contribution in [0.2, 0.25) is 0 Å². The highest BCUT2D eigenvalue weighted by atomic mass is 19.1. The van der Waals surface area contributed by atoms with Crippen LogP contribution in [0, 0.1) is 11.7 Å². The first-order valence-corrected chi connectivity index (χ1v) is 8.17. The molecule has 3 rings (SSSR count). The van der Waals surface area contributed by atoms with E-state index < -0.39 is 11.4 Å². The molecule has 0 aromatic carbocycles. The van der Waals surface area contributed by atoms with E-state index in [9.17, 15) is 14.0 Å². The van der Waals surface area contributed by atoms with Crippen LogP contribution in [0.5, 0.6) is 0 Å². The lowest BCUT2D eigenvalue weighted by atomic mass is 9.85. The Bertz CT molecular complexity index is 640. The summed E-state index contributed by atoms with van der Waals surface area (Å²) in [5.74, 6) is 0.122. The van der Waals surface area contributed by atoms with E-state index in [1.165, 1.54) is 4.90 Å². The Balaban J connectivity index is 1.80. The number of hydrogen-bond acceptors (Lipinski definition) is 5. The highest BCUT2D eigenvalue weighted by molar-refractivity contribution is 6.06. The second-order valence-corrected chi connectivity index (χ2v) is 6.87. The highest BCUT2D eigenvalue weighted by Gasteiger charge is 2.56. The Morgan fingerprint density at radius 2 is 1.79 bits per heavy atom. The molecule has 1 aromatic rings. The summed E-state index contributed by atoms with van der Waals surface area (Å²) in [6.45, 7) is 5.72. The zero-order chi connectivity index (χ0) is 17.5. The number of anilines is 1. The van der Waals surface area contributed by atoms with Gasteiger partial charge in [-0.3, -0.25) is 9.69 Å². The third-order valence-electron chi connectivity index (χ3n) is 4.77. The maximum absolute atomic E-state index is 13.0. The average Bonchev–Trinajstić information content (AvgIpc) is 2.73. The molecule has 2 saturated heterocycles. The summed E-state index contributed by atoms with van der Waals surface area (Å²) >= 11 is 0. The number of aromatic nitrogens is 2. The predicted octanol–water partition coefficient (Wildman–Crippen LogP) is 1.50. The van der Waals surface area contributed by atoms with Gasteiger partial charge in [-0.1, -0.05) is 13.8 Å². The van der Waals surface area contributed by atoms with E-state index in [1.807, 2.05) is 18.7 Å². The molecule has 1 spiro atoms. The second kappa shape index (κ2) is 5.99. The zero-order valence-electron chi connectivity index (χ0n) is 14.2. The van der Waals surface area contributed by atoms with Crippen LogP contribution in [0.15, 0.2) is 12.4 Å². The topological polar surface area (TPSA) is 69.6 Å². The largest absolute Gasteiger partial charge is 0.341 e. The van der Waals surface area contributed by atoms with Gasteiger partial charge in [0.05, 0.1) is 12.4 Å². The van der Waals surface area contributed by atoms with Crippen molar-refractivity contribution in [3.05, 3.63) is 18.2 Å². The molecule has 2 aliphatic heterocycles. The summed E-state index contributed by atoms with van der Waals surface area (Å²) in [6.07, 6.45) is 3.32. The number of likely N-dealkylation sites (N-methyl/N-ethyl adjacent to an activating group) is 1. The number of carbonyl (C=O) groups excluding carboxylic acids is 2. The predicted molar refractivity (Wildman–Crippen MR) is 85.9 cm³/mol. The first-order valence-electron chi connectivity index (χ1n) is 8.17. The number of halogens is 1. The van der Waals surface area contributed by atoms with E-state index in [0.29, 0.717) is 38.4 Å². The summed E-state index contributed by atoms with van der Waals surface area (Å²) in [5, 5.41) is 0. The van der Waals surface area contributed by atoms with E-state index in [0.717, 1.165) is 12.4 Å². The maximum atomic E-state index is 13.0. The van der Waals surface area contributed by atoms with Gasteiger partial charge in [-0.15, -0.1) is 0 Å². The van der Waals surface area contributed by atoms with Gasteiger partial charge in [0.25, 0.3) is 5.91 Å². The average molecular weight is 335 g/mol. The van der Waals surface area contributed by atoms with Crippen molar-refractivity contribution in [1.82, 2.24) is 19.8 Å². The molecule has 130 valence electrons. The zero-order valence-corrected chi connectivity index (χ0v) is 14.2. The molecule has 0 aliphatic carbocycles. The van der Waals surface area contributed by atoms with Gasteiger partial charge >= 0.3 is 6.03 Å². The fourth-order valence-corrected chi connectivity index (χ4v) is 3.53. The van der Waals surface area contributed by atoms with Crippen molar-refractivity contribution < 1.29 is 14.0 Å². The summed E-state index contributed by atoms with van der Waals surface area (Å²) in [7, 11) is 1.54. The van der Waals surface area contributed by atoms with Crippen molar-refractivity contribution in [2.45, 2.75) is 32.2 Å². The molecular formula is C16H22FN5O2. The van der Waals surface area contributed by atoms with E-state index in [1.54, 1.807) is 11.9 Å². The molecule has 0 bridgehead atoms. The summed E-state index contributed by atoms with van der Waals surface area (Å²) < 4.78 is 13.0. The van der Waals surface area contributed by atoms with Crippen LogP contribution in [0.1, 0.15) is 26.7 Å². The molecule has 1 aromatic heterocycles. The van der Waals surface area contributed by atoms with Crippen molar-refractivity contribution in [3.63, 3.8) is 0 Å². The van der Waals surface area contributed by atoms with E-state index in [4.69, 9.17) is 0 Å². The van der Waals surface area contributed by atoms with Crippen molar-refractivity contribution in [2.24, 2.45) is 5.92 Å². The van der Waals surface area contributed by atoms with Crippen LogP contribution >= 0.6 is 0 Å². The van der Waals surface area contributed by atoms with Gasteiger partial charge in [-0.25, -0.2) is 19.2 Å². The molecule has 0 unspecified atom stereocenters. The molecule has 3 amide bonds. The van der Waals surface area contributed by atoms with Crippen molar-refractivity contribution >= 4 is 17.9 Å². The third kappa shape index (κ3) is 2.59. The van der Waals surface area contributed by atoms with Gasteiger partial charge in [0.1, 0.15) is 5.54 Å². The summed E-state index contributed by atoms with van der Waals surface area (Å²) in [5.41, 5.74) is -0.771. The lowest BCUT2D eigenvalue weighted by Crippen LogP contribution is -2.57. The van der Waals surface area contributed by atoms with Crippen molar-refractivity contribution in [3.8, 4) is 0 Å². The molecule has 0 saturated carbocycles. The minimum atomic E-state index is -0.771. The first kappa shape index (κ1) is 16.6. The summed E-state index contributed by atoms with van der Waals surface area (Å²) in [4.78, 5) is 38.1. The molecule has 0 atom stereocenters. The van der Waals surface area contributed by atoms with E-state index in [2.05, 4.69) is 9.97 Å². The quantitative estimate of drug-likeness (QED) is 0.783. The second-order valence-electron chi connectivity index (χ2n) is 6.87. The minimum absolute atomic E-state index is 0.132. The SMILES string of the molecule is CC(C)CN1C(=O)N(C)C(=O)C12CCN(c1ncc(F)cn1)CC2. The number of amides is 3. The van der Waals surface area contributed by atoms with Gasteiger partial charge in [0, 0.05) is 26.7 Å². The number of nitrogens with zero attached hydrogens (tertiary/aromatic N) is 5. The van der Waals surface area contributed by atoms with Crippen molar-refractivity contribution in [2.75, 3.05) is 31.6 Å². The van der Waals surface area contributed by atoms with Crippen molar-refractivity contribution in [1.29, 1.82) is 0 Å². The lowest BCUT2D eigenvalue weighted by molar-refractivity contribution is -0.133. The van der Waals surface area contributed by atoms with Gasteiger partial charge in [0.2, 0.25) is 5.95 Å². The number of piperidine rings is 1. The van der Waals surface area contributed by atoms with Crippen LogP contribution < -0.4 is 4.90 Å². The standard InChI is InChI=1S/C16H22FN5O2/c1-11(2)10-22-15(24)20(3)13(23)16(22)4-6-21(7-5-16)14-18-8-12(17)9-19-14/h8-9,11H,4-7,10H2,1-3H3. The van der Waals surface area contributed by atoms with Gasteiger partial charge < -0.3 is 9.80 Å². The molecule has 7 nitrogen and oxygen atoms in total. The molecule has 8 heteroatoms. The number of hydrogen-bond donors (Lipinski definition) is 0. The van der Waals surface area contributed by atoms with Crippen LogP contribution in [-0.2, 0) is 4.79 Å². The number of carbonyl (C=O) groups is 2. The minimum Gasteiger partial charge on any atom is -0.341 e. The highest BCUT2D eigenvalue weighted by Crippen LogP contribution is 2.37. The normalized spacial score (nSPS) is 20.6. The Morgan fingerprint density at radius 1 is 1.21 bits per heavy atom. The van der Waals surface area contributed by atoms with Gasteiger partial charge in [0.15, 0.2) is 5.82 Å². The lowest BCUT2D eigenvalue weighted by Gasteiger charge is -2.42. The van der Waals surface area contributed by atoms with Crippen LogP contribution in [0.4, 0.5) is 15.1 Å². The van der Waals surface area contributed by atoms with E-state index in [-0.39, 0.29) is 17.9 Å². The third-order valence-corrected chi connectivity index (χ3v) is 4.77. The van der Waals surface area contributed by atoms with Crippen LogP contribution in [0.3, 0.4) is 0 Å². The monoisotopic (exact) mass is 335 g/mol. The van der Waals surface area contributed by atoms with Gasteiger partial charge in [-0.05, 0) is 18.8 Å². The Labute approximate surface area is 140 Å². The van der Waals surface area contributed by atoms with Crippen LogP contribution in [-0.4, -0.2) is 63.9 Å². The Kier molecular flexibility index (Phi) is 4.15. The molecule has 0 N–H and O–H groups in total. The molecule has 0 radical (unpaired) electrons. The van der Waals surface area contributed by atoms with Gasteiger partial charge in [-0.2, -0.15) is 0 Å². The first-order chi connectivity index (χ1) is 11.3. The molecule has 24 heavy (non-hydrogen) atoms. The fraction of sp³-hybridized carbons (Fsp3) is 0.625. The fourth-order valence-electron chi connectivity index (χ4n) is 3.53. The van der Waals surface area contributed by atoms with E-state index >= 15 is 0 Å². The Hall–Kier alpha value is -2.25. The molecular weight excluding hydrogens is 313 g/mol. The molecule has 2 fully saturated rings. The molecule has 3 heterocycles. The summed E-state index contributed by atoms with van der Waals surface area (Å²) in [6, 6.07) is -0.222. The number of rotatable bonds is 3. The van der Waals surface area contributed by atoms with Crippen LogP contribution in [0.25, 0.3) is 0 Å².